The smallest absolute Gasteiger partial charge is 0.271 e. The fourth-order valence-electron chi connectivity index (χ4n) is 2.82. The second-order valence-electron chi connectivity index (χ2n) is 6.29. The van der Waals surface area contributed by atoms with Crippen molar-refractivity contribution in [2.45, 2.75) is 25.9 Å². The molecule has 0 aliphatic heterocycles. The van der Waals surface area contributed by atoms with Crippen molar-refractivity contribution in [2.24, 2.45) is 14.1 Å². The number of aromatic nitrogens is 6. The zero-order chi connectivity index (χ0) is 20.3. The Morgan fingerprint density at radius 3 is 2.54 bits per heavy atom. The Morgan fingerprint density at radius 2 is 1.93 bits per heavy atom. The molecule has 0 aromatic carbocycles. The first kappa shape index (κ1) is 19.6. The third-order valence-electron chi connectivity index (χ3n) is 4.20. The van der Waals surface area contributed by atoms with Gasteiger partial charge in [-0.05, 0) is 6.42 Å². The van der Waals surface area contributed by atoms with Crippen molar-refractivity contribution in [2.75, 3.05) is 5.32 Å². The molecule has 0 saturated heterocycles. The summed E-state index contributed by atoms with van der Waals surface area (Å²) < 4.78 is 4.57. The molecular weight excluding hydrogens is 384 g/mol. The number of carbonyl (C=O) groups excluding carboxylic acids is 2. The summed E-state index contributed by atoms with van der Waals surface area (Å²) in [6.07, 6.45) is 8.49. The van der Waals surface area contributed by atoms with E-state index in [0.29, 0.717) is 23.7 Å². The molecule has 0 aliphatic carbocycles. The Hall–Kier alpha value is -3.14. The summed E-state index contributed by atoms with van der Waals surface area (Å²) in [5.74, 6) is -0.661. The van der Waals surface area contributed by atoms with E-state index in [1.807, 2.05) is 13.1 Å². The van der Waals surface area contributed by atoms with Crippen LogP contribution in [0.2, 0.25) is 5.02 Å². The molecule has 1 atom stereocenters. The number of hydrogen-bond acceptors (Lipinski definition) is 5. The van der Waals surface area contributed by atoms with E-state index in [-0.39, 0.29) is 17.5 Å². The van der Waals surface area contributed by atoms with E-state index >= 15 is 0 Å². The summed E-state index contributed by atoms with van der Waals surface area (Å²) >= 11 is 5.90. The van der Waals surface area contributed by atoms with E-state index < -0.39 is 6.04 Å². The molecule has 2 amide bonds. The molecule has 28 heavy (non-hydrogen) atoms. The van der Waals surface area contributed by atoms with Crippen molar-refractivity contribution in [3.8, 4) is 0 Å². The summed E-state index contributed by atoms with van der Waals surface area (Å²) in [6.45, 7) is 2.18. The zero-order valence-electron chi connectivity index (χ0n) is 15.8. The van der Waals surface area contributed by atoms with Crippen LogP contribution >= 0.6 is 11.6 Å². The van der Waals surface area contributed by atoms with Crippen molar-refractivity contribution in [1.82, 2.24) is 34.7 Å². The monoisotopic (exact) mass is 404 g/mol. The van der Waals surface area contributed by atoms with Gasteiger partial charge in [0.2, 0.25) is 5.91 Å². The van der Waals surface area contributed by atoms with Crippen LogP contribution in [0, 0.1) is 0 Å². The van der Waals surface area contributed by atoms with E-state index in [4.69, 9.17) is 11.6 Å². The average molecular weight is 405 g/mol. The summed E-state index contributed by atoms with van der Waals surface area (Å²) in [6, 6.07) is -0.556. The van der Waals surface area contributed by atoms with Crippen LogP contribution in [0.3, 0.4) is 0 Å². The van der Waals surface area contributed by atoms with Gasteiger partial charge >= 0.3 is 0 Å². The molecule has 0 fully saturated rings. The van der Waals surface area contributed by atoms with Crippen LogP contribution in [0.25, 0.3) is 0 Å². The molecular formula is C17H21ClN8O2. The Balaban J connectivity index is 1.72. The molecule has 0 saturated carbocycles. The fraction of sp³-hybridized carbons (Fsp3) is 0.353. The molecule has 1 unspecified atom stereocenters. The number of carbonyl (C=O) groups is 2. The van der Waals surface area contributed by atoms with Crippen molar-refractivity contribution in [3.05, 3.63) is 47.3 Å². The summed E-state index contributed by atoms with van der Waals surface area (Å²) in [5.41, 5.74) is 1.45. The van der Waals surface area contributed by atoms with Gasteiger partial charge in [0.15, 0.2) is 0 Å². The maximum atomic E-state index is 12.7. The van der Waals surface area contributed by atoms with E-state index in [2.05, 4.69) is 25.9 Å². The van der Waals surface area contributed by atoms with Crippen LogP contribution in [0.4, 0.5) is 5.69 Å². The minimum Gasteiger partial charge on any atom is -0.346 e. The van der Waals surface area contributed by atoms with Crippen molar-refractivity contribution in [3.63, 3.8) is 0 Å². The van der Waals surface area contributed by atoms with Gasteiger partial charge < -0.3 is 10.6 Å². The lowest BCUT2D eigenvalue weighted by molar-refractivity contribution is -0.119. The first-order valence-electron chi connectivity index (χ1n) is 8.67. The topological polar surface area (TPSA) is 112 Å². The molecule has 3 rings (SSSR count). The van der Waals surface area contributed by atoms with E-state index in [1.54, 1.807) is 31.2 Å². The summed E-state index contributed by atoms with van der Waals surface area (Å²) in [7, 11) is 3.44. The van der Waals surface area contributed by atoms with Gasteiger partial charge in [0.05, 0.1) is 29.3 Å². The molecule has 0 spiro atoms. The highest BCUT2D eigenvalue weighted by molar-refractivity contribution is 6.30. The lowest BCUT2D eigenvalue weighted by atomic mass is 10.2. The van der Waals surface area contributed by atoms with E-state index in [1.165, 1.54) is 21.8 Å². The number of nitrogens with one attached hydrogen (secondary N) is 2. The Morgan fingerprint density at radius 1 is 1.14 bits per heavy atom. The van der Waals surface area contributed by atoms with Crippen molar-refractivity contribution >= 4 is 29.1 Å². The normalized spacial score (nSPS) is 12.0. The number of nitrogens with zero attached hydrogens (tertiary/aromatic N) is 6. The SMILES string of the molecule is CCC(C(=O)Nc1cnn(C)c1C(=O)NCc1cnn(C)c1)n1cc(Cl)cn1. The lowest BCUT2D eigenvalue weighted by Gasteiger charge is -2.15. The molecule has 0 aliphatic rings. The predicted molar refractivity (Wildman–Crippen MR) is 103 cm³/mol. The molecule has 0 bridgehead atoms. The minimum absolute atomic E-state index is 0.255. The van der Waals surface area contributed by atoms with Crippen LogP contribution in [0.15, 0.2) is 31.0 Å². The van der Waals surface area contributed by atoms with Crippen molar-refractivity contribution < 1.29 is 9.59 Å². The van der Waals surface area contributed by atoms with Gasteiger partial charge in [-0.3, -0.25) is 23.6 Å². The van der Waals surface area contributed by atoms with Crippen molar-refractivity contribution in [1.29, 1.82) is 0 Å². The standard InChI is InChI=1S/C17H21ClN8O2/c1-4-14(26-10-12(18)7-22-26)16(27)23-13-8-21-25(3)15(13)17(28)19-5-11-6-20-24(2)9-11/h6-10,14H,4-5H2,1-3H3,(H,19,28)(H,23,27). The number of hydrogen-bond donors (Lipinski definition) is 2. The van der Waals surface area contributed by atoms with Gasteiger partial charge in [-0.25, -0.2) is 0 Å². The molecule has 11 heteroatoms. The quantitative estimate of drug-likeness (QED) is 0.620. The minimum atomic E-state index is -0.556. The predicted octanol–water partition coefficient (Wildman–Crippen LogP) is 1.52. The molecule has 3 heterocycles. The summed E-state index contributed by atoms with van der Waals surface area (Å²) in [4.78, 5) is 25.4. The van der Waals surface area contributed by atoms with Crippen LogP contribution in [-0.4, -0.2) is 41.2 Å². The molecule has 3 aromatic rings. The van der Waals surface area contributed by atoms with E-state index in [9.17, 15) is 9.59 Å². The number of halogens is 1. The Kier molecular flexibility index (Phi) is 5.78. The molecule has 10 nitrogen and oxygen atoms in total. The number of amides is 2. The second-order valence-corrected chi connectivity index (χ2v) is 6.72. The second kappa shape index (κ2) is 8.26. The Bertz CT molecular complexity index is 989. The van der Waals surface area contributed by atoms with Gasteiger partial charge in [0, 0.05) is 38.6 Å². The Labute approximate surface area is 166 Å². The first-order chi connectivity index (χ1) is 13.4. The molecule has 0 radical (unpaired) electrons. The van der Waals surface area contributed by atoms with Gasteiger partial charge in [0.1, 0.15) is 11.7 Å². The van der Waals surface area contributed by atoms with E-state index in [0.717, 1.165) is 5.56 Å². The molecule has 148 valence electrons. The fourth-order valence-corrected chi connectivity index (χ4v) is 2.97. The number of aryl methyl sites for hydroxylation is 2. The molecule has 2 N–H and O–H groups in total. The maximum Gasteiger partial charge on any atom is 0.271 e. The van der Waals surface area contributed by atoms with Crippen LogP contribution in [0.1, 0.15) is 35.4 Å². The van der Waals surface area contributed by atoms with Crippen LogP contribution < -0.4 is 10.6 Å². The maximum absolute atomic E-state index is 12.7. The summed E-state index contributed by atoms with van der Waals surface area (Å²) in [5, 5.41) is 18.3. The van der Waals surface area contributed by atoms with Gasteiger partial charge in [-0.1, -0.05) is 18.5 Å². The highest BCUT2D eigenvalue weighted by Crippen LogP contribution is 2.19. The molecule has 3 aromatic heterocycles. The van der Waals surface area contributed by atoms with Gasteiger partial charge in [-0.15, -0.1) is 0 Å². The highest BCUT2D eigenvalue weighted by atomic mass is 35.5. The largest absolute Gasteiger partial charge is 0.346 e. The first-order valence-corrected chi connectivity index (χ1v) is 9.05. The van der Waals surface area contributed by atoms with Crippen LogP contribution in [-0.2, 0) is 25.4 Å². The number of rotatable bonds is 7. The number of anilines is 1. The average Bonchev–Trinajstić information content (AvgIpc) is 3.35. The van der Waals surface area contributed by atoms with Gasteiger partial charge in [-0.2, -0.15) is 15.3 Å². The third kappa shape index (κ3) is 4.22. The lowest BCUT2D eigenvalue weighted by Crippen LogP contribution is -2.29. The highest BCUT2D eigenvalue weighted by Gasteiger charge is 2.24. The zero-order valence-corrected chi connectivity index (χ0v) is 16.5. The van der Waals surface area contributed by atoms with Crippen LogP contribution in [0.5, 0.6) is 0 Å². The van der Waals surface area contributed by atoms with Gasteiger partial charge in [0.25, 0.3) is 5.91 Å². The third-order valence-corrected chi connectivity index (χ3v) is 4.40.